The summed E-state index contributed by atoms with van der Waals surface area (Å²) in [5, 5.41) is 3.81. The van der Waals surface area contributed by atoms with Crippen LogP contribution in [0.15, 0.2) is 30.4 Å². The lowest BCUT2D eigenvalue weighted by Gasteiger charge is -2.03. The average Bonchev–Trinajstić information content (AvgIpc) is 2.44. The van der Waals surface area contributed by atoms with Gasteiger partial charge in [-0.05, 0) is 30.5 Å². The summed E-state index contributed by atoms with van der Waals surface area (Å²) < 4.78 is 0. The smallest absolute Gasteiger partial charge is 0.243 e. The first kappa shape index (κ1) is 17.6. The first-order chi connectivity index (χ1) is 10.0. The number of hydrogen-bond acceptors (Lipinski definition) is 1. The number of unbranched alkanes of at least 4 members (excludes halogenated alkanes) is 1. The Morgan fingerprint density at radius 1 is 1.38 bits per heavy atom. The molecule has 1 aromatic carbocycles. The Bertz CT molecular complexity index is 568. The Morgan fingerprint density at radius 3 is 2.86 bits per heavy atom. The molecule has 4 heteroatoms. The molecular weight excluding hydrogens is 305 g/mol. The fourth-order valence-electron chi connectivity index (χ4n) is 1.47. The predicted molar refractivity (Wildman–Crippen MR) is 89.6 cm³/mol. The fraction of sp³-hybridized carbons (Fsp3) is 0.353. The van der Waals surface area contributed by atoms with Crippen LogP contribution < -0.4 is 5.32 Å². The number of hydrogen-bond donors (Lipinski definition) is 1. The van der Waals surface area contributed by atoms with Gasteiger partial charge in [0.25, 0.3) is 0 Å². The first-order valence-electron chi connectivity index (χ1n) is 6.88. The van der Waals surface area contributed by atoms with Crippen molar-refractivity contribution in [3.8, 4) is 11.8 Å². The zero-order chi connectivity index (χ0) is 15.7. The second-order valence-electron chi connectivity index (χ2n) is 4.98. The van der Waals surface area contributed by atoms with Crippen LogP contribution in [-0.4, -0.2) is 12.5 Å². The number of nitrogens with one attached hydrogen (secondary N) is 1. The molecular formula is C17H19Cl2NO. The molecule has 0 aliphatic rings. The lowest BCUT2D eigenvalue weighted by atomic mass is 10.2. The molecule has 21 heavy (non-hydrogen) atoms. The highest BCUT2D eigenvalue weighted by Gasteiger charge is 2.00. The van der Waals surface area contributed by atoms with Gasteiger partial charge >= 0.3 is 0 Å². The maximum absolute atomic E-state index is 11.4. The van der Waals surface area contributed by atoms with E-state index in [4.69, 9.17) is 23.2 Å². The summed E-state index contributed by atoms with van der Waals surface area (Å²) in [4.78, 5) is 11.4. The zero-order valence-electron chi connectivity index (χ0n) is 12.2. The summed E-state index contributed by atoms with van der Waals surface area (Å²) >= 11 is 11.9. The second-order valence-corrected chi connectivity index (χ2v) is 5.77. The van der Waals surface area contributed by atoms with Gasteiger partial charge < -0.3 is 5.32 Å². The maximum atomic E-state index is 11.4. The van der Waals surface area contributed by atoms with Gasteiger partial charge in [-0.3, -0.25) is 4.79 Å². The van der Waals surface area contributed by atoms with Crippen molar-refractivity contribution < 1.29 is 4.79 Å². The van der Waals surface area contributed by atoms with E-state index < -0.39 is 0 Å². The molecule has 0 aliphatic heterocycles. The number of carbonyl (C=O) groups excluding carboxylic acids is 1. The minimum absolute atomic E-state index is 0.0606. The van der Waals surface area contributed by atoms with Crippen molar-refractivity contribution in [2.45, 2.75) is 26.7 Å². The van der Waals surface area contributed by atoms with Gasteiger partial charge in [-0.25, -0.2) is 0 Å². The van der Waals surface area contributed by atoms with Crippen LogP contribution in [0.3, 0.4) is 0 Å². The topological polar surface area (TPSA) is 29.1 Å². The van der Waals surface area contributed by atoms with Gasteiger partial charge in [-0.15, -0.1) is 0 Å². The lowest BCUT2D eigenvalue weighted by molar-refractivity contribution is -0.116. The molecule has 0 unspecified atom stereocenters. The second kappa shape index (κ2) is 9.50. The van der Waals surface area contributed by atoms with E-state index in [1.54, 1.807) is 12.1 Å². The van der Waals surface area contributed by atoms with Crippen molar-refractivity contribution >= 4 is 29.1 Å². The molecule has 1 N–H and O–H groups in total. The summed E-state index contributed by atoms with van der Waals surface area (Å²) in [5.41, 5.74) is 0.725. The van der Waals surface area contributed by atoms with E-state index in [-0.39, 0.29) is 5.91 Å². The minimum Gasteiger partial charge on any atom is -0.352 e. The standard InChI is InChI=1S/C17H19Cl2NO/c1-13(2)12-20-16(21)11-6-4-3-5-8-14-9-7-10-15(18)17(14)19/h6-7,9-11,13H,3-4,12H2,1-2H3,(H,20,21). The third-order valence-corrected chi connectivity index (χ3v) is 3.38. The van der Waals surface area contributed by atoms with Crippen molar-refractivity contribution in [3.05, 3.63) is 46.0 Å². The molecule has 2 nitrogen and oxygen atoms in total. The molecule has 1 rings (SSSR count). The molecule has 0 saturated carbocycles. The Hall–Kier alpha value is -1.43. The molecule has 0 aromatic heterocycles. The van der Waals surface area contributed by atoms with Gasteiger partial charge in [0.1, 0.15) is 0 Å². The van der Waals surface area contributed by atoms with Crippen LogP contribution in [0.1, 0.15) is 32.3 Å². The molecule has 0 fully saturated rings. The van der Waals surface area contributed by atoms with Crippen LogP contribution in [0.4, 0.5) is 0 Å². The van der Waals surface area contributed by atoms with Crippen LogP contribution in [0.25, 0.3) is 0 Å². The monoisotopic (exact) mass is 323 g/mol. The molecule has 0 heterocycles. The van der Waals surface area contributed by atoms with E-state index in [1.165, 1.54) is 0 Å². The number of benzene rings is 1. The quantitative estimate of drug-likeness (QED) is 0.484. The average molecular weight is 324 g/mol. The van der Waals surface area contributed by atoms with Crippen LogP contribution in [-0.2, 0) is 4.79 Å². The lowest BCUT2D eigenvalue weighted by Crippen LogP contribution is -2.25. The fourth-order valence-corrected chi connectivity index (χ4v) is 1.82. The minimum atomic E-state index is -0.0606. The highest BCUT2D eigenvalue weighted by Crippen LogP contribution is 2.24. The Kier molecular flexibility index (Phi) is 7.97. The first-order valence-corrected chi connectivity index (χ1v) is 7.63. The van der Waals surface area contributed by atoms with Crippen LogP contribution >= 0.6 is 23.2 Å². The van der Waals surface area contributed by atoms with Crippen LogP contribution in [0.5, 0.6) is 0 Å². The summed E-state index contributed by atoms with van der Waals surface area (Å²) in [7, 11) is 0. The normalized spacial score (nSPS) is 10.5. The molecule has 0 radical (unpaired) electrons. The number of halogens is 2. The Morgan fingerprint density at radius 2 is 2.14 bits per heavy atom. The van der Waals surface area contributed by atoms with Gasteiger partial charge in [0.2, 0.25) is 5.91 Å². The van der Waals surface area contributed by atoms with Crippen LogP contribution in [0.2, 0.25) is 10.0 Å². The van der Waals surface area contributed by atoms with Gasteiger partial charge in [-0.2, -0.15) is 0 Å². The number of amides is 1. The molecule has 0 bridgehead atoms. The summed E-state index contributed by atoms with van der Waals surface area (Å²) in [6.45, 7) is 4.80. The Labute approximate surface area is 136 Å². The third-order valence-electron chi connectivity index (χ3n) is 2.56. The van der Waals surface area contributed by atoms with Crippen molar-refractivity contribution in [1.29, 1.82) is 0 Å². The third kappa shape index (κ3) is 7.22. The van der Waals surface area contributed by atoms with E-state index in [1.807, 2.05) is 18.2 Å². The Balaban J connectivity index is 2.36. The van der Waals surface area contributed by atoms with E-state index >= 15 is 0 Å². The van der Waals surface area contributed by atoms with Crippen molar-refractivity contribution in [2.24, 2.45) is 5.92 Å². The molecule has 0 spiro atoms. The van der Waals surface area contributed by atoms with Gasteiger partial charge in [0.05, 0.1) is 10.0 Å². The number of allylic oxidation sites excluding steroid dienone is 1. The number of rotatable bonds is 5. The maximum Gasteiger partial charge on any atom is 0.243 e. The van der Waals surface area contributed by atoms with E-state index in [2.05, 4.69) is 31.0 Å². The largest absolute Gasteiger partial charge is 0.352 e. The zero-order valence-corrected chi connectivity index (χ0v) is 13.8. The summed E-state index contributed by atoms with van der Waals surface area (Å²) in [6.07, 6.45) is 4.76. The van der Waals surface area contributed by atoms with Gasteiger partial charge in [-0.1, -0.05) is 61.0 Å². The van der Waals surface area contributed by atoms with E-state index in [0.29, 0.717) is 28.9 Å². The van der Waals surface area contributed by atoms with E-state index in [9.17, 15) is 4.79 Å². The highest BCUT2D eigenvalue weighted by atomic mass is 35.5. The molecule has 0 saturated heterocycles. The number of carbonyl (C=O) groups is 1. The van der Waals surface area contributed by atoms with Crippen molar-refractivity contribution in [3.63, 3.8) is 0 Å². The molecule has 112 valence electrons. The van der Waals surface area contributed by atoms with Gasteiger partial charge in [0, 0.05) is 18.5 Å². The molecule has 0 atom stereocenters. The SMILES string of the molecule is CC(C)CNC(=O)C=CCCC#Cc1cccc(Cl)c1Cl. The van der Waals surface area contributed by atoms with Crippen LogP contribution in [0, 0.1) is 17.8 Å². The summed E-state index contributed by atoms with van der Waals surface area (Å²) in [5.74, 6) is 6.39. The van der Waals surface area contributed by atoms with E-state index in [0.717, 1.165) is 12.0 Å². The summed E-state index contributed by atoms with van der Waals surface area (Å²) in [6, 6.07) is 5.38. The van der Waals surface area contributed by atoms with Crippen molar-refractivity contribution in [2.75, 3.05) is 6.54 Å². The molecule has 1 amide bonds. The predicted octanol–water partition coefficient (Wildman–Crippen LogP) is 4.45. The van der Waals surface area contributed by atoms with Crippen molar-refractivity contribution in [1.82, 2.24) is 5.32 Å². The molecule has 1 aromatic rings. The van der Waals surface area contributed by atoms with Gasteiger partial charge in [0.15, 0.2) is 0 Å². The molecule has 0 aliphatic carbocycles. The highest BCUT2D eigenvalue weighted by molar-refractivity contribution is 6.42.